The first kappa shape index (κ1) is 39.4. The first-order valence-electron chi connectivity index (χ1n) is 23.2. The highest BCUT2D eigenvalue weighted by Crippen LogP contribution is 2.63. The molecule has 0 atom stereocenters. The molecule has 1 aliphatic heterocycles. The Balaban J connectivity index is 0.898. The van der Waals surface area contributed by atoms with Crippen molar-refractivity contribution in [3.05, 3.63) is 277 Å². The summed E-state index contributed by atoms with van der Waals surface area (Å²) < 4.78 is 0. The monoisotopic (exact) mass is 866 g/mol. The average Bonchev–Trinajstić information content (AvgIpc) is 3.71. The van der Waals surface area contributed by atoms with Crippen LogP contribution in [0, 0.1) is 0 Å². The summed E-state index contributed by atoms with van der Waals surface area (Å²) in [6.07, 6.45) is 0. The van der Waals surface area contributed by atoms with E-state index >= 15 is 0 Å². The van der Waals surface area contributed by atoms with Crippen molar-refractivity contribution in [3.63, 3.8) is 0 Å². The molecule has 2 heterocycles. The van der Waals surface area contributed by atoms with Crippen LogP contribution in [0.5, 0.6) is 0 Å². The Labute approximate surface area is 396 Å². The molecule has 0 bridgehead atoms. The highest BCUT2D eigenvalue weighted by Gasteiger charge is 2.51. The van der Waals surface area contributed by atoms with Crippen molar-refractivity contribution >= 4 is 17.1 Å². The molecule has 0 fully saturated rings. The summed E-state index contributed by atoms with van der Waals surface area (Å²) in [6.45, 7) is 0. The third-order valence-corrected chi connectivity index (χ3v) is 13.7. The molecule has 2 aliphatic rings. The van der Waals surface area contributed by atoms with Crippen LogP contribution in [-0.4, -0.2) is 15.0 Å². The lowest BCUT2D eigenvalue weighted by Gasteiger charge is -2.45. The SMILES string of the molecule is c1ccc(-c2ccc(-c3cccc(-c4nc(-c5ccccc5)nc(-c5ccc(-c6ccc7c(c6)C6(c8ccccc8-7)c7ccccc7N(c7ccccc7)c7ccccc76)cc5)n4)c3)cc2)cc1. The van der Waals surface area contributed by atoms with Gasteiger partial charge in [-0.25, -0.2) is 15.0 Å². The normalized spacial score (nSPS) is 12.8. The molecule has 11 aromatic rings. The van der Waals surface area contributed by atoms with E-state index in [0.29, 0.717) is 17.5 Å². The van der Waals surface area contributed by atoms with Gasteiger partial charge in [-0.3, -0.25) is 0 Å². The number of aromatic nitrogens is 3. The summed E-state index contributed by atoms with van der Waals surface area (Å²) in [5, 5.41) is 0. The summed E-state index contributed by atoms with van der Waals surface area (Å²) >= 11 is 0. The van der Waals surface area contributed by atoms with E-state index in [9.17, 15) is 0 Å². The molecule has 10 aromatic carbocycles. The molecule has 68 heavy (non-hydrogen) atoms. The van der Waals surface area contributed by atoms with Gasteiger partial charge in [0.25, 0.3) is 0 Å². The second-order valence-corrected chi connectivity index (χ2v) is 17.5. The number of para-hydroxylation sites is 3. The summed E-state index contributed by atoms with van der Waals surface area (Å²) in [5.41, 5.74) is 20.3. The zero-order chi connectivity index (χ0) is 45.0. The first-order valence-corrected chi connectivity index (χ1v) is 23.2. The Morgan fingerprint density at radius 2 is 0.632 bits per heavy atom. The van der Waals surface area contributed by atoms with Crippen LogP contribution in [-0.2, 0) is 5.41 Å². The third kappa shape index (κ3) is 6.41. The highest BCUT2D eigenvalue weighted by molar-refractivity contribution is 5.96. The van der Waals surface area contributed by atoms with E-state index in [0.717, 1.165) is 44.6 Å². The maximum atomic E-state index is 5.16. The average molecular weight is 867 g/mol. The van der Waals surface area contributed by atoms with Crippen LogP contribution in [0.1, 0.15) is 22.3 Å². The molecule has 13 rings (SSSR count). The number of fused-ring (bicyclic) bond motifs is 9. The van der Waals surface area contributed by atoms with Crippen LogP contribution in [0.3, 0.4) is 0 Å². The van der Waals surface area contributed by atoms with Crippen LogP contribution < -0.4 is 4.90 Å². The van der Waals surface area contributed by atoms with Crippen molar-refractivity contribution in [2.24, 2.45) is 0 Å². The Hall–Kier alpha value is -8.99. The van der Waals surface area contributed by atoms with E-state index in [-0.39, 0.29) is 0 Å². The third-order valence-electron chi connectivity index (χ3n) is 13.7. The van der Waals surface area contributed by atoms with Crippen LogP contribution in [0.15, 0.2) is 255 Å². The van der Waals surface area contributed by atoms with Crippen LogP contribution in [0.25, 0.3) is 78.7 Å². The van der Waals surface area contributed by atoms with Gasteiger partial charge >= 0.3 is 0 Å². The molecule has 0 unspecified atom stereocenters. The fraction of sp³-hybridized carbons (Fsp3) is 0.0156. The predicted molar refractivity (Wildman–Crippen MR) is 278 cm³/mol. The molecule has 1 aliphatic carbocycles. The van der Waals surface area contributed by atoms with Crippen LogP contribution in [0.2, 0.25) is 0 Å². The molecular formula is C64H42N4. The zero-order valence-corrected chi connectivity index (χ0v) is 37.0. The van der Waals surface area contributed by atoms with Gasteiger partial charge in [0, 0.05) is 22.4 Å². The summed E-state index contributed by atoms with van der Waals surface area (Å²) in [5.74, 6) is 1.89. The van der Waals surface area contributed by atoms with E-state index in [2.05, 4.69) is 235 Å². The summed E-state index contributed by atoms with van der Waals surface area (Å²) in [7, 11) is 0. The van der Waals surface area contributed by atoms with Gasteiger partial charge in [0.05, 0.1) is 16.8 Å². The van der Waals surface area contributed by atoms with Gasteiger partial charge in [-0.2, -0.15) is 0 Å². The molecule has 0 saturated heterocycles. The van der Waals surface area contributed by atoms with Crippen molar-refractivity contribution in [1.29, 1.82) is 0 Å². The number of benzene rings is 10. The molecule has 318 valence electrons. The molecule has 4 nitrogen and oxygen atoms in total. The molecule has 0 saturated carbocycles. The number of anilines is 3. The molecule has 4 heteroatoms. The lowest BCUT2D eigenvalue weighted by Crippen LogP contribution is -2.36. The van der Waals surface area contributed by atoms with Crippen LogP contribution in [0.4, 0.5) is 17.1 Å². The van der Waals surface area contributed by atoms with Gasteiger partial charge in [0.1, 0.15) is 0 Å². The minimum absolute atomic E-state index is 0.529. The van der Waals surface area contributed by atoms with Gasteiger partial charge in [-0.1, -0.05) is 218 Å². The Morgan fingerprint density at radius 1 is 0.250 bits per heavy atom. The van der Waals surface area contributed by atoms with Gasteiger partial charge in [-0.05, 0) is 103 Å². The lowest BCUT2D eigenvalue weighted by atomic mass is 9.64. The van der Waals surface area contributed by atoms with Crippen molar-refractivity contribution < 1.29 is 0 Å². The predicted octanol–water partition coefficient (Wildman–Crippen LogP) is 16.0. The standard InChI is InChI=1S/C64H42N4/c1-4-17-43(18-5-1)44-31-33-45(34-32-44)49-21-16-22-51(41-49)63-66-61(47-19-6-2-7-20-47)65-62(67-63)48-37-35-46(36-38-48)50-39-40-54-53-25-10-11-26-55(53)64(58(54)42-50)56-27-12-14-29-59(56)68(52-23-8-3-9-24-52)60-30-15-13-28-57(60)64/h1-42H. The van der Waals surface area contributed by atoms with Gasteiger partial charge in [0.2, 0.25) is 0 Å². The van der Waals surface area contributed by atoms with Crippen LogP contribution >= 0.6 is 0 Å². The quantitative estimate of drug-likeness (QED) is 0.160. The van der Waals surface area contributed by atoms with Gasteiger partial charge < -0.3 is 4.90 Å². The highest BCUT2D eigenvalue weighted by atomic mass is 15.2. The second-order valence-electron chi connectivity index (χ2n) is 17.5. The maximum absolute atomic E-state index is 5.16. The molecule has 0 N–H and O–H groups in total. The largest absolute Gasteiger partial charge is 0.310 e. The number of hydrogen-bond acceptors (Lipinski definition) is 4. The van der Waals surface area contributed by atoms with E-state index in [1.165, 1.54) is 55.9 Å². The van der Waals surface area contributed by atoms with Crippen molar-refractivity contribution in [2.75, 3.05) is 4.90 Å². The minimum atomic E-state index is -0.529. The smallest absolute Gasteiger partial charge is 0.164 e. The van der Waals surface area contributed by atoms with E-state index in [1.54, 1.807) is 0 Å². The Kier molecular flexibility index (Phi) is 9.36. The lowest BCUT2D eigenvalue weighted by molar-refractivity contribution is 0.753. The molecule has 1 aromatic heterocycles. The van der Waals surface area contributed by atoms with Gasteiger partial charge in [-0.15, -0.1) is 0 Å². The van der Waals surface area contributed by atoms with Crippen molar-refractivity contribution in [3.8, 4) is 78.7 Å². The Bertz CT molecular complexity index is 3610. The van der Waals surface area contributed by atoms with E-state index < -0.39 is 5.41 Å². The summed E-state index contributed by atoms with van der Waals surface area (Å²) in [4.78, 5) is 17.8. The fourth-order valence-corrected chi connectivity index (χ4v) is 10.6. The molecule has 1 spiro atoms. The van der Waals surface area contributed by atoms with E-state index in [4.69, 9.17) is 15.0 Å². The molecule has 0 amide bonds. The molecular weight excluding hydrogens is 825 g/mol. The summed E-state index contributed by atoms with van der Waals surface area (Å²) in [6, 6.07) is 91.3. The molecule has 0 radical (unpaired) electrons. The van der Waals surface area contributed by atoms with Gasteiger partial charge in [0.15, 0.2) is 17.5 Å². The second kappa shape index (κ2) is 16.2. The first-order chi connectivity index (χ1) is 33.7. The van der Waals surface area contributed by atoms with E-state index in [1.807, 2.05) is 24.3 Å². The Morgan fingerprint density at radius 3 is 1.25 bits per heavy atom. The zero-order valence-electron chi connectivity index (χ0n) is 37.0. The number of rotatable bonds is 7. The topological polar surface area (TPSA) is 41.9 Å². The minimum Gasteiger partial charge on any atom is -0.310 e. The fourth-order valence-electron chi connectivity index (χ4n) is 10.6. The van der Waals surface area contributed by atoms with Crippen molar-refractivity contribution in [2.45, 2.75) is 5.41 Å². The maximum Gasteiger partial charge on any atom is 0.164 e. The number of nitrogens with zero attached hydrogens (tertiary/aromatic N) is 4. The van der Waals surface area contributed by atoms with Crippen molar-refractivity contribution in [1.82, 2.24) is 15.0 Å². The number of hydrogen-bond donors (Lipinski definition) is 0.